The van der Waals surface area contributed by atoms with Crippen LogP contribution in [-0.4, -0.2) is 29.1 Å². The normalized spacial score (nSPS) is 12.2. The summed E-state index contributed by atoms with van der Waals surface area (Å²) in [6, 6.07) is 12.0. The van der Waals surface area contributed by atoms with Gasteiger partial charge in [-0.25, -0.2) is 19.9 Å². The smallest absolute Gasteiger partial charge is 0.657 e. The molecule has 0 N–H and O–H groups in total. The van der Waals surface area contributed by atoms with Crippen LogP contribution in [0.2, 0.25) is 0 Å². The predicted octanol–water partition coefficient (Wildman–Crippen LogP) is 4.71. The molecule has 9 heteroatoms. The van der Waals surface area contributed by atoms with Gasteiger partial charge in [0.2, 0.25) is 0 Å². The molecule has 5 aromatic rings. The van der Waals surface area contributed by atoms with E-state index >= 15 is 0 Å². The number of hydrogen-bond acceptors (Lipinski definition) is 4. The Morgan fingerprint density at radius 1 is 0.622 bits per heavy atom. The summed E-state index contributed by atoms with van der Waals surface area (Å²) in [5.41, 5.74) is 8.29. The first-order chi connectivity index (χ1) is 17.6. The summed E-state index contributed by atoms with van der Waals surface area (Å²) in [7, 11) is 3.95. The third kappa shape index (κ3) is 3.94. The molecule has 0 saturated heterocycles. The molecule has 0 spiro atoms. The summed E-state index contributed by atoms with van der Waals surface area (Å²) in [4.78, 5) is 28.8. The zero-order chi connectivity index (χ0) is 24.2. The van der Waals surface area contributed by atoms with Crippen molar-refractivity contribution >= 4 is 46.4 Å². The first kappa shape index (κ1) is 23.0. The molecule has 178 valence electrons. The molecule has 0 saturated carbocycles. The number of imidazole rings is 2. The van der Waals surface area contributed by atoms with Crippen LogP contribution in [0.1, 0.15) is 22.8 Å². The van der Waals surface area contributed by atoms with Crippen molar-refractivity contribution in [3.63, 3.8) is 0 Å². The largest absolute Gasteiger partial charge is 3.00 e. The van der Waals surface area contributed by atoms with Crippen LogP contribution in [0.15, 0.2) is 61.2 Å². The van der Waals surface area contributed by atoms with Crippen molar-refractivity contribution < 1.29 is 17.1 Å². The fourth-order valence-electron chi connectivity index (χ4n) is 4.63. The fourth-order valence-corrected chi connectivity index (χ4v) is 4.63. The minimum atomic E-state index is 0. The molecule has 0 aliphatic carbocycles. The maximum atomic E-state index is 4.91. The first-order valence-electron chi connectivity index (χ1n) is 11.6. The van der Waals surface area contributed by atoms with Crippen LogP contribution in [0.25, 0.3) is 69.1 Å². The van der Waals surface area contributed by atoms with Crippen LogP contribution in [0, 0.1) is 0 Å². The summed E-state index contributed by atoms with van der Waals surface area (Å²) in [6.45, 7) is 0. The molecule has 37 heavy (non-hydrogen) atoms. The molecule has 0 unspecified atom stereocenters. The van der Waals surface area contributed by atoms with Gasteiger partial charge in [0.05, 0.1) is 22.8 Å². The van der Waals surface area contributed by atoms with Crippen LogP contribution in [0.4, 0.5) is 0 Å². The first-order valence-corrected chi connectivity index (χ1v) is 11.6. The minimum absolute atomic E-state index is 0. The van der Waals surface area contributed by atoms with Crippen molar-refractivity contribution in [3.05, 3.63) is 84.0 Å². The molecular weight excluding hydrogens is 503 g/mol. The Labute approximate surface area is 223 Å². The van der Waals surface area contributed by atoms with Gasteiger partial charge >= 0.3 is 17.1 Å². The molecule has 2 aliphatic heterocycles. The van der Waals surface area contributed by atoms with Crippen molar-refractivity contribution in [1.29, 1.82) is 0 Å². The molecule has 0 aromatic carbocycles. The molecule has 5 aromatic heterocycles. The Kier molecular flexibility index (Phi) is 5.52. The summed E-state index contributed by atoms with van der Waals surface area (Å²) in [5, 5.41) is 0. The SMILES string of the molecule is Cn1ccnc1-c1c2nc(cc3ccc([n-]3)c(-c3nccn3C)c3nc(cc4ccc1[n-]4)C=C3)C=C2.[Mn+3]. The predicted molar refractivity (Wildman–Crippen MR) is 141 cm³/mol. The van der Waals surface area contributed by atoms with Gasteiger partial charge in [-0.05, 0) is 24.3 Å². The average molecular weight is 523 g/mol. The van der Waals surface area contributed by atoms with Crippen molar-refractivity contribution in [2.45, 2.75) is 0 Å². The Morgan fingerprint density at radius 3 is 1.49 bits per heavy atom. The second-order valence-electron chi connectivity index (χ2n) is 8.78. The molecule has 7 heterocycles. The van der Waals surface area contributed by atoms with E-state index in [1.807, 2.05) is 96.3 Å². The van der Waals surface area contributed by atoms with Crippen LogP contribution < -0.4 is 9.97 Å². The summed E-state index contributed by atoms with van der Waals surface area (Å²) in [5.74, 6) is 1.62. The second kappa shape index (κ2) is 8.88. The Balaban J connectivity index is 0.00000252. The monoisotopic (exact) mass is 523 g/mol. The molecule has 0 radical (unpaired) electrons. The zero-order valence-electron chi connectivity index (χ0n) is 20.0. The van der Waals surface area contributed by atoms with Gasteiger partial charge in [-0.1, -0.05) is 36.4 Å². The van der Waals surface area contributed by atoms with Crippen LogP contribution >= 0.6 is 0 Å². The van der Waals surface area contributed by atoms with Gasteiger partial charge in [0.15, 0.2) is 0 Å². The number of hydrogen-bond donors (Lipinski definition) is 0. The molecular formula is C28H20MnN8+. The summed E-state index contributed by atoms with van der Waals surface area (Å²) < 4.78 is 3.96. The van der Waals surface area contributed by atoms with Crippen LogP contribution in [0.5, 0.6) is 0 Å². The van der Waals surface area contributed by atoms with Crippen molar-refractivity contribution in [1.82, 2.24) is 39.0 Å². The average Bonchev–Trinajstić information content (AvgIpc) is 3.68. The molecule has 0 amide bonds. The number of nitrogens with zero attached hydrogens (tertiary/aromatic N) is 8. The minimum Gasteiger partial charge on any atom is -0.657 e. The topological polar surface area (TPSA) is 89.6 Å². The van der Waals surface area contributed by atoms with E-state index in [-0.39, 0.29) is 17.1 Å². The Morgan fingerprint density at radius 2 is 1.08 bits per heavy atom. The molecule has 0 fully saturated rings. The molecule has 8 bridgehead atoms. The number of rotatable bonds is 2. The van der Waals surface area contributed by atoms with Crippen LogP contribution in [0.3, 0.4) is 0 Å². The van der Waals surface area contributed by atoms with Crippen LogP contribution in [-0.2, 0) is 31.2 Å². The van der Waals surface area contributed by atoms with Gasteiger partial charge in [-0.3, -0.25) is 0 Å². The van der Waals surface area contributed by atoms with Gasteiger partial charge in [0.25, 0.3) is 0 Å². The third-order valence-electron chi connectivity index (χ3n) is 6.35. The number of aromatic nitrogens is 8. The molecule has 2 aliphatic rings. The Bertz CT molecular complexity index is 1740. The van der Waals surface area contributed by atoms with Gasteiger partial charge in [-0.15, -0.1) is 22.1 Å². The standard InChI is InChI=1S/C28H20N8.Mn/c1-35-13-11-29-27(35)25-21-7-3-17(31-21)15-19-5-9-23(33-19)26(28-30-12-14-36(28)2)24-10-6-20(34-24)16-18-4-8-22(25)32-18;/h3-16H,1-2H3;/q-2;+3. The summed E-state index contributed by atoms with van der Waals surface area (Å²) >= 11 is 0. The van der Waals surface area contributed by atoms with E-state index in [1.54, 1.807) is 12.4 Å². The maximum absolute atomic E-state index is 4.91. The number of aryl methyl sites for hydroxylation is 2. The van der Waals surface area contributed by atoms with Gasteiger partial charge in [0, 0.05) is 50.0 Å². The second-order valence-corrected chi connectivity index (χ2v) is 8.78. The zero-order valence-corrected chi connectivity index (χ0v) is 21.2. The number of fused-ring (bicyclic) bond motifs is 8. The van der Waals surface area contributed by atoms with Gasteiger partial charge in [-0.2, -0.15) is 0 Å². The van der Waals surface area contributed by atoms with E-state index in [9.17, 15) is 0 Å². The van der Waals surface area contributed by atoms with E-state index < -0.39 is 0 Å². The maximum Gasteiger partial charge on any atom is 3.00 e. The molecule has 0 atom stereocenters. The van der Waals surface area contributed by atoms with Crippen molar-refractivity contribution in [2.24, 2.45) is 14.1 Å². The van der Waals surface area contributed by atoms with E-state index in [2.05, 4.69) is 9.97 Å². The molecule has 8 nitrogen and oxygen atoms in total. The summed E-state index contributed by atoms with van der Waals surface area (Å²) in [6.07, 6.45) is 15.4. The third-order valence-corrected chi connectivity index (χ3v) is 6.35. The Hall–Kier alpha value is -4.46. The van der Waals surface area contributed by atoms with Gasteiger partial charge in [0.1, 0.15) is 11.6 Å². The molecule has 7 rings (SSSR count). The van der Waals surface area contributed by atoms with E-state index in [0.717, 1.165) is 67.6 Å². The van der Waals surface area contributed by atoms with E-state index in [0.29, 0.717) is 0 Å². The van der Waals surface area contributed by atoms with E-state index in [4.69, 9.17) is 19.9 Å². The van der Waals surface area contributed by atoms with Crippen molar-refractivity contribution in [2.75, 3.05) is 0 Å². The quantitative estimate of drug-likeness (QED) is 0.305. The van der Waals surface area contributed by atoms with Crippen molar-refractivity contribution in [3.8, 4) is 22.8 Å². The van der Waals surface area contributed by atoms with E-state index in [1.165, 1.54) is 0 Å². The van der Waals surface area contributed by atoms with Gasteiger partial charge < -0.3 is 19.1 Å². The fraction of sp³-hybridized carbons (Fsp3) is 0.0714.